The highest BCUT2D eigenvalue weighted by Gasteiger charge is 2.26. The molecule has 3 rings (SSSR count). The molecule has 7 heteroatoms. The molecule has 0 spiro atoms. The normalized spacial score (nSPS) is 18.1. The smallest absolute Gasteiger partial charge is 0.251 e. The summed E-state index contributed by atoms with van der Waals surface area (Å²) in [4.78, 5) is 25.9. The molecule has 1 aromatic heterocycles. The fraction of sp³-hybridized carbons (Fsp3) is 0.389. The molecule has 0 bridgehead atoms. The van der Waals surface area contributed by atoms with Gasteiger partial charge in [-0.3, -0.25) is 14.3 Å². The van der Waals surface area contributed by atoms with E-state index in [-0.39, 0.29) is 18.4 Å². The molecule has 1 saturated heterocycles. The van der Waals surface area contributed by atoms with E-state index in [1.807, 2.05) is 37.4 Å². The number of carbonyl (C=O) groups is 2. The second-order valence-electron chi connectivity index (χ2n) is 6.22. The van der Waals surface area contributed by atoms with Crippen LogP contribution in [-0.2, 0) is 16.6 Å². The van der Waals surface area contributed by atoms with Gasteiger partial charge in [-0.15, -0.1) is 0 Å². The lowest BCUT2D eigenvalue weighted by molar-refractivity contribution is -0.141. The van der Waals surface area contributed by atoms with Crippen molar-refractivity contribution in [1.82, 2.24) is 14.7 Å². The topological polar surface area (TPSA) is 87.5 Å². The molecule has 1 unspecified atom stereocenters. The van der Waals surface area contributed by atoms with Crippen LogP contribution in [0.2, 0.25) is 0 Å². The Balaban J connectivity index is 1.73. The summed E-state index contributed by atoms with van der Waals surface area (Å²) >= 11 is 0. The standard InChI is InChI=1S/C18H22N4O3/c1-21-17(13-7-3-2-4-8-13)14(11-19-21)20-16(24)12-22-10-6-5-9-15(23)18(22)25/h2-4,7-8,11,15,23H,5-6,9-10,12H2,1H3,(H,20,24). The van der Waals surface area contributed by atoms with Crippen LogP contribution >= 0.6 is 0 Å². The SMILES string of the molecule is Cn1ncc(NC(=O)CN2CCCCC(O)C2=O)c1-c1ccccc1. The minimum atomic E-state index is -1.01. The number of benzene rings is 1. The Morgan fingerprint density at radius 2 is 2.08 bits per heavy atom. The van der Waals surface area contributed by atoms with E-state index in [1.54, 1.807) is 10.9 Å². The first-order valence-corrected chi connectivity index (χ1v) is 8.40. The van der Waals surface area contributed by atoms with Crippen molar-refractivity contribution in [2.75, 3.05) is 18.4 Å². The summed E-state index contributed by atoms with van der Waals surface area (Å²) in [5, 5.41) is 16.8. The Hall–Kier alpha value is -2.67. The van der Waals surface area contributed by atoms with Gasteiger partial charge in [-0.1, -0.05) is 30.3 Å². The van der Waals surface area contributed by atoms with Gasteiger partial charge in [0, 0.05) is 19.2 Å². The van der Waals surface area contributed by atoms with E-state index >= 15 is 0 Å². The van der Waals surface area contributed by atoms with E-state index in [4.69, 9.17) is 0 Å². The van der Waals surface area contributed by atoms with Crippen LogP contribution in [0.25, 0.3) is 11.3 Å². The summed E-state index contributed by atoms with van der Waals surface area (Å²) < 4.78 is 1.70. The highest BCUT2D eigenvalue weighted by atomic mass is 16.3. The van der Waals surface area contributed by atoms with Crippen LogP contribution in [0.5, 0.6) is 0 Å². The number of aliphatic hydroxyl groups excluding tert-OH is 1. The molecule has 25 heavy (non-hydrogen) atoms. The zero-order chi connectivity index (χ0) is 17.8. The van der Waals surface area contributed by atoms with Gasteiger partial charge in [-0.25, -0.2) is 0 Å². The third kappa shape index (κ3) is 3.88. The highest BCUT2D eigenvalue weighted by molar-refractivity contribution is 5.97. The minimum absolute atomic E-state index is 0.0704. The number of amides is 2. The van der Waals surface area contributed by atoms with Crippen LogP contribution in [0.1, 0.15) is 19.3 Å². The second kappa shape index (κ2) is 7.48. The zero-order valence-corrected chi connectivity index (χ0v) is 14.2. The van der Waals surface area contributed by atoms with Gasteiger partial charge in [-0.05, 0) is 19.3 Å². The molecule has 0 saturated carbocycles. The maximum absolute atomic E-state index is 12.4. The van der Waals surface area contributed by atoms with Crippen molar-refractivity contribution in [1.29, 1.82) is 0 Å². The molecule has 1 aromatic carbocycles. The number of aryl methyl sites for hydroxylation is 1. The Morgan fingerprint density at radius 1 is 1.32 bits per heavy atom. The van der Waals surface area contributed by atoms with Crippen LogP contribution < -0.4 is 5.32 Å². The van der Waals surface area contributed by atoms with Gasteiger partial charge in [0.05, 0.1) is 24.1 Å². The number of hydrogen-bond donors (Lipinski definition) is 2. The lowest BCUT2D eigenvalue weighted by Crippen LogP contribution is -2.42. The van der Waals surface area contributed by atoms with E-state index in [2.05, 4.69) is 10.4 Å². The molecular weight excluding hydrogens is 320 g/mol. The van der Waals surface area contributed by atoms with Crippen LogP contribution in [0.4, 0.5) is 5.69 Å². The first-order chi connectivity index (χ1) is 12.1. The average molecular weight is 342 g/mol. The molecule has 1 atom stereocenters. The van der Waals surface area contributed by atoms with Gasteiger partial charge in [-0.2, -0.15) is 5.10 Å². The zero-order valence-electron chi connectivity index (χ0n) is 14.2. The van der Waals surface area contributed by atoms with Gasteiger partial charge in [0.25, 0.3) is 5.91 Å². The monoisotopic (exact) mass is 342 g/mol. The molecule has 0 aliphatic carbocycles. The van der Waals surface area contributed by atoms with Crippen molar-refractivity contribution >= 4 is 17.5 Å². The second-order valence-corrected chi connectivity index (χ2v) is 6.22. The van der Waals surface area contributed by atoms with E-state index in [1.165, 1.54) is 4.90 Å². The molecule has 2 N–H and O–H groups in total. The number of nitrogens with zero attached hydrogens (tertiary/aromatic N) is 3. The molecule has 1 aliphatic heterocycles. The number of anilines is 1. The molecule has 132 valence electrons. The highest BCUT2D eigenvalue weighted by Crippen LogP contribution is 2.27. The van der Waals surface area contributed by atoms with Gasteiger partial charge in [0.15, 0.2) is 0 Å². The number of rotatable bonds is 4. The molecule has 2 heterocycles. The number of nitrogens with one attached hydrogen (secondary N) is 1. The first kappa shape index (κ1) is 17.2. The minimum Gasteiger partial charge on any atom is -0.383 e. The van der Waals surface area contributed by atoms with Crippen molar-refractivity contribution in [2.24, 2.45) is 7.05 Å². The Labute approximate surface area is 146 Å². The fourth-order valence-electron chi connectivity index (χ4n) is 3.07. The first-order valence-electron chi connectivity index (χ1n) is 8.40. The molecule has 0 radical (unpaired) electrons. The van der Waals surface area contributed by atoms with E-state index in [9.17, 15) is 14.7 Å². The predicted octanol–water partition coefficient (Wildman–Crippen LogP) is 1.40. The Bertz CT molecular complexity index is 757. The molecule has 2 aromatic rings. The summed E-state index contributed by atoms with van der Waals surface area (Å²) in [5.41, 5.74) is 2.34. The largest absolute Gasteiger partial charge is 0.383 e. The van der Waals surface area contributed by atoms with Crippen molar-refractivity contribution in [3.63, 3.8) is 0 Å². The maximum atomic E-state index is 12.4. The Morgan fingerprint density at radius 3 is 2.84 bits per heavy atom. The summed E-state index contributed by atoms with van der Waals surface area (Å²) in [6.45, 7) is 0.418. The summed E-state index contributed by atoms with van der Waals surface area (Å²) in [6.07, 6.45) is 2.62. The van der Waals surface area contributed by atoms with Gasteiger partial charge < -0.3 is 15.3 Å². The summed E-state index contributed by atoms with van der Waals surface area (Å²) in [5.74, 6) is -0.672. The lowest BCUT2D eigenvalue weighted by atomic mass is 10.1. The molecule has 1 fully saturated rings. The molecule has 2 amide bonds. The van der Waals surface area contributed by atoms with Crippen LogP contribution in [0.15, 0.2) is 36.5 Å². The van der Waals surface area contributed by atoms with Crippen molar-refractivity contribution < 1.29 is 14.7 Å². The molecule has 7 nitrogen and oxygen atoms in total. The fourth-order valence-corrected chi connectivity index (χ4v) is 3.07. The number of aromatic nitrogens is 2. The quantitative estimate of drug-likeness (QED) is 0.879. The maximum Gasteiger partial charge on any atom is 0.251 e. The number of likely N-dealkylation sites (tertiary alicyclic amines) is 1. The molecule has 1 aliphatic rings. The van der Waals surface area contributed by atoms with Crippen molar-refractivity contribution in [3.05, 3.63) is 36.5 Å². The van der Waals surface area contributed by atoms with Crippen molar-refractivity contribution in [3.8, 4) is 11.3 Å². The van der Waals surface area contributed by atoms with E-state index < -0.39 is 6.10 Å². The van der Waals surface area contributed by atoms with Crippen molar-refractivity contribution in [2.45, 2.75) is 25.4 Å². The van der Waals surface area contributed by atoms with Gasteiger partial charge >= 0.3 is 0 Å². The van der Waals surface area contributed by atoms with E-state index in [0.29, 0.717) is 18.7 Å². The van der Waals surface area contributed by atoms with Gasteiger partial charge in [0.1, 0.15) is 6.10 Å². The predicted molar refractivity (Wildman–Crippen MR) is 93.7 cm³/mol. The van der Waals surface area contributed by atoms with E-state index in [0.717, 1.165) is 24.1 Å². The Kier molecular flexibility index (Phi) is 5.14. The third-order valence-electron chi connectivity index (χ3n) is 4.35. The number of carbonyl (C=O) groups excluding carboxylic acids is 2. The summed E-state index contributed by atoms with van der Waals surface area (Å²) in [6, 6.07) is 9.66. The van der Waals surface area contributed by atoms with Gasteiger partial charge in [0.2, 0.25) is 5.91 Å². The van der Waals surface area contributed by atoms with Crippen LogP contribution in [0, 0.1) is 0 Å². The number of aliphatic hydroxyl groups is 1. The van der Waals surface area contributed by atoms with Crippen LogP contribution in [0.3, 0.4) is 0 Å². The molecular formula is C18H22N4O3. The van der Waals surface area contributed by atoms with Crippen LogP contribution in [-0.4, -0.2) is 50.8 Å². The number of hydrogen-bond acceptors (Lipinski definition) is 4. The summed E-state index contributed by atoms with van der Waals surface area (Å²) in [7, 11) is 1.81. The average Bonchev–Trinajstić information content (AvgIpc) is 2.89. The lowest BCUT2D eigenvalue weighted by Gasteiger charge is -2.21. The third-order valence-corrected chi connectivity index (χ3v) is 4.35.